The van der Waals surface area contributed by atoms with E-state index in [1.807, 2.05) is 11.0 Å². The molecule has 0 atom stereocenters. The molecule has 1 saturated carbocycles. The Balaban J connectivity index is 1.81. The largest absolute Gasteiger partial charge is 0.508 e. The molecule has 2 aromatic rings. The van der Waals surface area contributed by atoms with Crippen LogP contribution in [0.3, 0.4) is 0 Å². The third kappa shape index (κ3) is 3.42. The summed E-state index contributed by atoms with van der Waals surface area (Å²) in [5.74, 6) is 0.210. The normalized spacial score (nSPS) is 14.0. The first-order chi connectivity index (χ1) is 10.1. The van der Waals surface area contributed by atoms with Crippen LogP contribution in [0.4, 0.5) is 0 Å². The molecule has 1 amide bonds. The second kappa shape index (κ2) is 5.85. The number of aromatic nitrogens is 1. The summed E-state index contributed by atoms with van der Waals surface area (Å²) in [5.41, 5.74) is 1.52. The summed E-state index contributed by atoms with van der Waals surface area (Å²) in [4.78, 5) is 18.6. The molecule has 0 unspecified atom stereocenters. The first kappa shape index (κ1) is 14.1. The van der Waals surface area contributed by atoms with Crippen LogP contribution in [0.5, 0.6) is 5.75 Å². The number of hydrogen-bond acceptors (Lipinski definition) is 3. The third-order valence-corrected chi connectivity index (χ3v) is 3.96. The average Bonchev–Trinajstić information content (AvgIpc) is 3.29. The fraction of sp³-hybridized carbons (Fsp3) is 0.250. The molecule has 5 heteroatoms. The molecule has 1 aromatic carbocycles. The van der Waals surface area contributed by atoms with Gasteiger partial charge in [-0.15, -0.1) is 0 Å². The van der Waals surface area contributed by atoms with E-state index >= 15 is 0 Å². The van der Waals surface area contributed by atoms with Crippen molar-refractivity contribution < 1.29 is 9.90 Å². The van der Waals surface area contributed by atoms with Crippen LogP contribution in [0.1, 0.15) is 28.8 Å². The van der Waals surface area contributed by atoms with Crippen LogP contribution in [0.15, 0.2) is 47.2 Å². The Hall–Kier alpha value is -1.88. The van der Waals surface area contributed by atoms with Gasteiger partial charge in [0, 0.05) is 18.8 Å². The van der Waals surface area contributed by atoms with Gasteiger partial charge in [0.25, 0.3) is 5.91 Å². The topological polar surface area (TPSA) is 53.4 Å². The van der Waals surface area contributed by atoms with E-state index in [2.05, 4.69) is 20.9 Å². The van der Waals surface area contributed by atoms with Crippen molar-refractivity contribution in [2.75, 3.05) is 0 Å². The number of carbonyl (C=O) groups excluding carboxylic acids is 1. The molecule has 0 saturated heterocycles. The van der Waals surface area contributed by atoms with Gasteiger partial charge in [-0.05, 0) is 58.6 Å². The first-order valence-electron chi connectivity index (χ1n) is 6.84. The van der Waals surface area contributed by atoms with Crippen LogP contribution in [-0.4, -0.2) is 26.9 Å². The number of phenols is 1. The Morgan fingerprint density at radius 1 is 1.33 bits per heavy atom. The van der Waals surface area contributed by atoms with Crippen molar-refractivity contribution in [3.8, 4) is 5.75 Å². The van der Waals surface area contributed by atoms with Crippen LogP contribution in [0, 0.1) is 0 Å². The lowest BCUT2D eigenvalue weighted by atomic mass is 10.1. The number of pyridine rings is 1. The van der Waals surface area contributed by atoms with Gasteiger partial charge in [-0.3, -0.25) is 4.79 Å². The Bertz CT molecular complexity index is 654. The highest BCUT2D eigenvalue weighted by Gasteiger charge is 2.33. The summed E-state index contributed by atoms with van der Waals surface area (Å²) in [6.07, 6.45) is 3.66. The minimum absolute atomic E-state index is 0.0131. The molecule has 108 valence electrons. The SMILES string of the molecule is O=C(c1ccc(Br)nc1)N(Cc1cccc(O)c1)C1CC1. The van der Waals surface area contributed by atoms with Gasteiger partial charge in [0.05, 0.1) is 5.56 Å². The number of amides is 1. The van der Waals surface area contributed by atoms with E-state index < -0.39 is 0 Å². The van der Waals surface area contributed by atoms with Gasteiger partial charge in [0.2, 0.25) is 0 Å². The standard InChI is InChI=1S/C16H15BrN2O2/c17-15-7-4-12(9-18-15)16(21)19(13-5-6-13)10-11-2-1-3-14(20)8-11/h1-4,7-9,13,20H,5-6,10H2. The summed E-state index contributed by atoms with van der Waals surface area (Å²) in [6.45, 7) is 0.508. The zero-order chi connectivity index (χ0) is 14.8. The summed E-state index contributed by atoms with van der Waals surface area (Å²) in [6, 6.07) is 10.9. The molecule has 0 spiro atoms. The highest BCUT2D eigenvalue weighted by Crippen LogP contribution is 2.30. The highest BCUT2D eigenvalue weighted by atomic mass is 79.9. The zero-order valence-corrected chi connectivity index (χ0v) is 13.0. The van der Waals surface area contributed by atoms with E-state index in [1.165, 1.54) is 0 Å². The smallest absolute Gasteiger partial charge is 0.255 e. The fourth-order valence-corrected chi connectivity index (χ4v) is 2.51. The Kier molecular flexibility index (Phi) is 3.92. The number of aromatic hydroxyl groups is 1. The Labute approximate surface area is 131 Å². The molecular weight excluding hydrogens is 332 g/mol. The zero-order valence-electron chi connectivity index (χ0n) is 11.4. The van der Waals surface area contributed by atoms with E-state index in [0.717, 1.165) is 18.4 Å². The number of nitrogens with zero attached hydrogens (tertiary/aromatic N) is 2. The van der Waals surface area contributed by atoms with Gasteiger partial charge in [-0.2, -0.15) is 0 Å². The van der Waals surface area contributed by atoms with E-state index in [-0.39, 0.29) is 11.7 Å². The van der Waals surface area contributed by atoms with Gasteiger partial charge in [-0.25, -0.2) is 4.98 Å². The molecule has 4 nitrogen and oxygen atoms in total. The molecule has 1 N–H and O–H groups in total. The van der Waals surface area contributed by atoms with Gasteiger partial charge in [0.15, 0.2) is 0 Å². The predicted molar refractivity (Wildman–Crippen MR) is 82.9 cm³/mol. The van der Waals surface area contributed by atoms with Crippen molar-refractivity contribution in [3.63, 3.8) is 0 Å². The average molecular weight is 347 g/mol. The van der Waals surface area contributed by atoms with Crippen LogP contribution in [0.2, 0.25) is 0 Å². The minimum atomic E-state index is -0.0131. The third-order valence-electron chi connectivity index (χ3n) is 3.49. The number of carbonyl (C=O) groups is 1. The van der Waals surface area contributed by atoms with Crippen LogP contribution in [-0.2, 0) is 6.54 Å². The molecule has 0 radical (unpaired) electrons. The van der Waals surface area contributed by atoms with Crippen molar-refractivity contribution in [2.45, 2.75) is 25.4 Å². The van der Waals surface area contributed by atoms with Crippen LogP contribution < -0.4 is 0 Å². The van der Waals surface area contributed by atoms with Crippen molar-refractivity contribution >= 4 is 21.8 Å². The molecule has 1 aliphatic rings. The summed E-state index contributed by atoms with van der Waals surface area (Å²) >= 11 is 3.27. The maximum absolute atomic E-state index is 12.6. The number of phenolic OH excluding ortho intramolecular Hbond substituents is 1. The highest BCUT2D eigenvalue weighted by molar-refractivity contribution is 9.10. The second-order valence-corrected chi connectivity index (χ2v) is 6.02. The Morgan fingerprint density at radius 3 is 2.76 bits per heavy atom. The second-order valence-electron chi connectivity index (χ2n) is 5.20. The molecule has 1 aliphatic carbocycles. The minimum Gasteiger partial charge on any atom is -0.508 e. The number of rotatable bonds is 4. The quantitative estimate of drug-likeness (QED) is 0.863. The fourth-order valence-electron chi connectivity index (χ4n) is 2.27. The van der Waals surface area contributed by atoms with Gasteiger partial charge >= 0.3 is 0 Å². The lowest BCUT2D eigenvalue weighted by molar-refractivity contribution is 0.0729. The van der Waals surface area contributed by atoms with Crippen LogP contribution >= 0.6 is 15.9 Å². The first-order valence-corrected chi connectivity index (χ1v) is 7.63. The van der Waals surface area contributed by atoms with Gasteiger partial charge in [0.1, 0.15) is 10.4 Å². The molecule has 3 rings (SSSR count). The monoisotopic (exact) mass is 346 g/mol. The lowest BCUT2D eigenvalue weighted by Gasteiger charge is -2.22. The van der Waals surface area contributed by atoms with Crippen LogP contribution in [0.25, 0.3) is 0 Å². The maximum atomic E-state index is 12.6. The van der Waals surface area contributed by atoms with Crippen molar-refractivity contribution in [1.82, 2.24) is 9.88 Å². The maximum Gasteiger partial charge on any atom is 0.255 e. The summed E-state index contributed by atoms with van der Waals surface area (Å²) in [5, 5.41) is 9.55. The molecule has 21 heavy (non-hydrogen) atoms. The van der Waals surface area contributed by atoms with Crippen molar-refractivity contribution in [3.05, 3.63) is 58.3 Å². The molecule has 0 aliphatic heterocycles. The van der Waals surface area contributed by atoms with Gasteiger partial charge < -0.3 is 10.0 Å². The van der Waals surface area contributed by atoms with E-state index in [0.29, 0.717) is 22.8 Å². The summed E-state index contributed by atoms with van der Waals surface area (Å²) in [7, 11) is 0. The molecule has 1 fully saturated rings. The molecular formula is C16H15BrN2O2. The van der Waals surface area contributed by atoms with E-state index in [9.17, 15) is 9.90 Å². The summed E-state index contributed by atoms with van der Waals surface area (Å²) < 4.78 is 0.713. The number of benzene rings is 1. The number of halogens is 1. The van der Waals surface area contributed by atoms with E-state index in [1.54, 1.807) is 36.5 Å². The van der Waals surface area contributed by atoms with Crippen molar-refractivity contribution in [2.24, 2.45) is 0 Å². The Morgan fingerprint density at radius 2 is 2.14 bits per heavy atom. The predicted octanol–water partition coefficient (Wildman–Crippen LogP) is 3.35. The van der Waals surface area contributed by atoms with E-state index in [4.69, 9.17) is 0 Å². The molecule has 0 bridgehead atoms. The molecule has 1 heterocycles. The lowest BCUT2D eigenvalue weighted by Crippen LogP contribution is -2.32. The molecule has 1 aromatic heterocycles. The van der Waals surface area contributed by atoms with Gasteiger partial charge in [-0.1, -0.05) is 12.1 Å². The number of hydrogen-bond donors (Lipinski definition) is 1. The van der Waals surface area contributed by atoms with Crippen molar-refractivity contribution in [1.29, 1.82) is 0 Å².